The van der Waals surface area contributed by atoms with Crippen molar-refractivity contribution in [3.63, 3.8) is 0 Å². The van der Waals surface area contributed by atoms with Crippen molar-refractivity contribution < 1.29 is 38.4 Å². The summed E-state index contributed by atoms with van der Waals surface area (Å²) in [4.78, 5) is 42.1. The van der Waals surface area contributed by atoms with Crippen LogP contribution in [0.1, 0.15) is 74.6 Å². The third-order valence-corrected chi connectivity index (χ3v) is 7.22. The lowest BCUT2D eigenvalue weighted by Gasteiger charge is -2.43. The highest BCUT2D eigenvalue weighted by atomic mass is 16.7. The first kappa shape index (κ1) is 27.9. The van der Waals surface area contributed by atoms with Crippen LogP contribution >= 0.6 is 0 Å². The first-order chi connectivity index (χ1) is 18.4. The molecule has 3 aliphatic heterocycles. The number of carbonyl (C=O) groups excluding carboxylic acids is 2. The highest BCUT2D eigenvalue weighted by Gasteiger charge is 2.46. The molecule has 4 rings (SSSR count). The van der Waals surface area contributed by atoms with Gasteiger partial charge in [-0.15, -0.1) is 6.58 Å². The van der Waals surface area contributed by atoms with Gasteiger partial charge in [0.05, 0.1) is 31.0 Å². The van der Waals surface area contributed by atoms with Crippen LogP contribution in [0.4, 0.5) is 5.69 Å². The van der Waals surface area contributed by atoms with E-state index < -0.39 is 18.5 Å². The monoisotopic (exact) mass is 530 g/mol. The predicted molar refractivity (Wildman–Crippen MR) is 139 cm³/mol. The number of allylic oxidation sites excluding steroid dienone is 1. The third-order valence-electron chi connectivity index (χ3n) is 7.22. The quantitative estimate of drug-likeness (QED) is 0.336. The molecule has 2 fully saturated rings. The maximum absolute atomic E-state index is 13.9. The highest BCUT2D eigenvalue weighted by molar-refractivity contribution is 6.07. The van der Waals surface area contributed by atoms with E-state index in [1.54, 1.807) is 23.1 Å². The average molecular weight is 531 g/mol. The largest absolute Gasteiger partial charge is 0.493 e. The summed E-state index contributed by atoms with van der Waals surface area (Å²) in [5, 5.41) is 8.96. The number of fused-ring (bicyclic) bond motifs is 2. The van der Waals surface area contributed by atoms with Crippen molar-refractivity contribution in [2.75, 3.05) is 31.8 Å². The average Bonchev–Trinajstić information content (AvgIpc) is 3.02. The number of carboxylic acid groups (broad SMARTS) is 1. The second kappa shape index (κ2) is 13.1. The van der Waals surface area contributed by atoms with Crippen molar-refractivity contribution in [3.8, 4) is 11.5 Å². The number of hydrogen-bond donors (Lipinski definition) is 1. The van der Waals surface area contributed by atoms with E-state index in [0.29, 0.717) is 55.2 Å². The van der Waals surface area contributed by atoms with Gasteiger partial charge in [0.2, 0.25) is 5.91 Å². The molecule has 2 saturated heterocycles. The molecule has 3 heterocycles. The van der Waals surface area contributed by atoms with E-state index in [4.69, 9.17) is 24.1 Å². The summed E-state index contributed by atoms with van der Waals surface area (Å²) in [6.07, 6.45) is 6.61. The van der Waals surface area contributed by atoms with E-state index in [9.17, 15) is 14.4 Å². The summed E-state index contributed by atoms with van der Waals surface area (Å²) in [5.74, 6) is -0.603. The molecule has 0 radical (unpaired) electrons. The fourth-order valence-corrected chi connectivity index (χ4v) is 5.32. The molecule has 208 valence electrons. The molecule has 38 heavy (non-hydrogen) atoms. The van der Waals surface area contributed by atoms with Crippen LogP contribution in [0.5, 0.6) is 11.5 Å². The zero-order chi connectivity index (χ0) is 27.1. The zero-order valence-corrected chi connectivity index (χ0v) is 22.1. The number of nitrogens with zero attached hydrogens (tertiary/aromatic N) is 2. The fourth-order valence-electron chi connectivity index (χ4n) is 5.32. The van der Waals surface area contributed by atoms with E-state index in [0.717, 1.165) is 32.1 Å². The molecule has 3 atom stereocenters. The zero-order valence-electron chi connectivity index (χ0n) is 22.1. The highest BCUT2D eigenvalue weighted by Crippen LogP contribution is 2.42. The molecule has 10 heteroatoms. The smallest absolute Gasteiger partial charge is 0.303 e. The molecular weight excluding hydrogens is 492 g/mol. The van der Waals surface area contributed by atoms with Crippen LogP contribution in [-0.4, -0.2) is 73.2 Å². The maximum atomic E-state index is 13.9. The number of anilines is 1. The predicted octanol–water partition coefficient (Wildman–Crippen LogP) is 4.12. The first-order valence-corrected chi connectivity index (χ1v) is 13.5. The second-order valence-corrected chi connectivity index (χ2v) is 9.84. The lowest BCUT2D eigenvalue weighted by Crippen LogP contribution is -2.57. The number of hydrogen-bond acceptors (Lipinski definition) is 7. The second-order valence-electron chi connectivity index (χ2n) is 9.84. The Morgan fingerprint density at radius 1 is 1.16 bits per heavy atom. The Morgan fingerprint density at radius 3 is 2.68 bits per heavy atom. The minimum atomic E-state index is -0.909. The number of amides is 2. The van der Waals surface area contributed by atoms with Gasteiger partial charge in [-0.1, -0.05) is 6.08 Å². The van der Waals surface area contributed by atoms with Crippen molar-refractivity contribution in [3.05, 3.63) is 30.4 Å². The minimum absolute atomic E-state index is 0.0359. The van der Waals surface area contributed by atoms with E-state index in [1.807, 2.05) is 4.90 Å². The number of methoxy groups -OCH3 is 1. The standard InChI is InChI=1S/C28H38N2O8/c1-3-4-11-24(31)30-21-18-23(36-16-9-12-25(32)33)22(35-2)17-19(21)27(34)29-14-7-5-10-20(29)28(30)38-26-13-6-8-15-37-26/h3,17-18,20,26,28H,1,4-16H2,2H3,(H,32,33)/t20-,26?,28?/m0/s1. The van der Waals surface area contributed by atoms with Crippen LogP contribution in [0.15, 0.2) is 24.8 Å². The summed E-state index contributed by atoms with van der Waals surface area (Å²) >= 11 is 0. The summed E-state index contributed by atoms with van der Waals surface area (Å²) in [6.45, 7) is 5.07. The van der Waals surface area contributed by atoms with Crippen molar-refractivity contribution in [2.45, 2.75) is 82.8 Å². The van der Waals surface area contributed by atoms with Crippen LogP contribution in [-0.2, 0) is 19.1 Å². The van der Waals surface area contributed by atoms with Crippen molar-refractivity contribution in [2.24, 2.45) is 0 Å². The summed E-state index contributed by atoms with van der Waals surface area (Å²) in [7, 11) is 1.48. The Kier molecular flexibility index (Phi) is 9.63. The molecule has 0 aromatic heterocycles. The van der Waals surface area contributed by atoms with Gasteiger partial charge in [-0.05, 0) is 57.4 Å². The number of piperidine rings is 1. The Hall–Kier alpha value is -3.11. The van der Waals surface area contributed by atoms with Gasteiger partial charge in [0.1, 0.15) is 0 Å². The van der Waals surface area contributed by atoms with Crippen LogP contribution in [0.3, 0.4) is 0 Å². The molecule has 0 aliphatic carbocycles. The Labute approximate surface area is 223 Å². The van der Waals surface area contributed by atoms with E-state index in [-0.39, 0.29) is 37.3 Å². The van der Waals surface area contributed by atoms with Crippen LogP contribution in [0.25, 0.3) is 0 Å². The number of benzene rings is 1. The van der Waals surface area contributed by atoms with Gasteiger partial charge >= 0.3 is 5.97 Å². The lowest BCUT2D eigenvalue weighted by molar-refractivity contribution is -0.200. The van der Waals surface area contributed by atoms with Crippen molar-refractivity contribution >= 4 is 23.5 Å². The minimum Gasteiger partial charge on any atom is -0.493 e. The number of carboxylic acids is 1. The molecule has 2 amide bonds. The van der Waals surface area contributed by atoms with Gasteiger partial charge in [-0.2, -0.15) is 0 Å². The van der Waals surface area contributed by atoms with Crippen LogP contribution < -0.4 is 14.4 Å². The molecule has 3 aliphatic rings. The number of rotatable bonds is 11. The van der Waals surface area contributed by atoms with Crippen LogP contribution in [0, 0.1) is 0 Å². The van der Waals surface area contributed by atoms with Gasteiger partial charge in [0.15, 0.2) is 24.0 Å². The summed E-state index contributed by atoms with van der Waals surface area (Å²) in [5.41, 5.74) is 0.738. The van der Waals surface area contributed by atoms with Crippen LogP contribution in [0.2, 0.25) is 0 Å². The Morgan fingerprint density at radius 2 is 1.97 bits per heavy atom. The van der Waals surface area contributed by atoms with Crippen molar-refractivity contribution in [1.82, 2.24) is 4.90 Å². The molecule has 0 spiro atoms. The number of aliphatic carboxylic acids is 1. The summed E-state index contributed by atoms with van der Waals surface area (Å²) < 4.78 is 23.9. The van der Waals surface area contributed by atoms with E-state index in [1.165, 1.54) is 7.11 Å². The molecule has 10 nitrogen and oxygen atoms in total. The van der Waals surface area contributed by atoms with Gasteiger partial charge < -0.3 is 29.0 Å². The topological polar surface area (TPSA) is 115 Å². The number of ether oxygens (including phenoxy) is 4. The molecular formula is C28H38N2O8. The molecule has 2 unspecified atom stereocenters. The molecule has 0 saturated carbocycles. The lowest BCUT2D eigenvalue weighted by atomic mass is 9.99. The van der Waals surface area contributed by atoms with E-state index >= 15 is 0 Å². The Balaban J connectivity index is 1.78. The molecule has 1 N–H and O–H groups in total. The molecule has 1 aromatic rings. The van der Waals surface area contributed by atoms with Gasteiger partial charge in [0.25, 0.3) is 5.91 Å². The Bertz CT molecular complexity index is 1020. The maximum Gasteiger partial charge on any atom is 0.303 e. The summed E-state index contributed by atoms with van der Waals surface area (Å²) in [6, 6.07) is 2.94. The number of carbonyl (C=O) groups is 3. The first-order valence-electron chi connectivity index (χ1n) is 13.5. The molecule has 0 bridgehead atoms. The van der Waals surface area contributed by atoms with E-state index in [2.05, 4.69) is 6.58 Å². The van der Waals surface area contributed by atoms with Gasteiger partial charge in [0, 0.05) is 32.1 Å². The third kappa shape index (κ3) is 6.30. The normalized spacial score (nSPS) is 23.2. The van der Waals surface area contributed by atoms with Crippen molar-refractivity contribution in [1.29, 1.82) is 0 Å². The van der Waals surface area contributed by atoms with Gasteiger partial charge in [-0.3, -0.25) is 19.3 Å². The SMILES string of the molecule is C=CCCC(=O)N1c2cc(OCCCC(=O)O)c(OC)cc2C(=O)N2CCCC[C@H]2C1OC1CCCCO1. The van der Waals surface area contributed by atoms with Gasteiger partial charge in [-0.25, -0.2) is 0 Å². The molecule has 1 aromatic carbocycles. The fraction of sp³-hybridized carbons (Fsp3) is 0.607.